The fraction of sp³-hybridized carbons (Fsp3) is 0.458. The van der Waals surface area contributed by atoms with Gasteiger partial charge in [-0.2, -0.15) is 4.31 Å². The number of piperazine rings is 1. The zero-order valence-corrected chi connectivity index (χ0v) is 21.0. The first-order valence-corrected chi connectivity index (χ1v) is 12.8. The first-order chi connectivity index (χ1) is 16.4. The number of hydrogen-bond donors (Lipinski definition) is 0. The van der Waals surface area contributed by atoms with Gasteiger partial charge in [0.05, 0.1) is 9.82 Å². The second kappa shape index (κ2) is 10.8. The van der Waals surface area contributed by atoms with Crippen LogP contribution in [0.4, 0.5) is 10.1 Å². The van der Waals surface area contributed by atoms with Crippen molar-refractivity contribution in [2.45, 2.75) is 32.2 Å². The van der Waals surface area contributed by atoms with Crippen LogP contribution < -0.4 is 0 Å². The largest absolute Gasteiger partial charge is 0.337 e. The Morgan fingerprint density at radius 3 is 2.11 bits per heavy atom. The minimum Gasteiger partial charge on any atom is -0.337 e. The first kappa shape index (κ1) is 26.7. The maximum Gasteiger partial charge on any atom is 0.269 e. The van der Waals surface area contributed by atoms with Crippen LogP contribution in [0.25, 0.3) is 0 Å². The number of nitro benzene ring substituents is 1. The summed E-state index contributed by atoms with van der Waals surface area (Å²) in [7, 11) is -3.75. The van der Waals surface area contributed by atoms with E-state index in [1.54, 1.807) is 17.0 Å². The number of halogens is 1. The summed E-state index contributed by atoms with van der Waals surface area (Å²) in [6, 6.07) is 11.0. The quantitative estimate of drug-likeness (QED) is 0.403. The molecule has 0 N–H and O–H groups in total. The summed E-state index contributed by atoms with van der Waals surface area (Å²) in [5, 5.41) is 10.8. The third-order valence-electron chi connectivity index (χ3n) is 5.92. The highest BCUT2D eigenvalue weighted by molar-refractivity contribution is 7.89. The number of hydrogen-bond acceptors (Lipinski definition) is 6. The monoisotopic (exact) mass is 506 g/mol. The maximum absolute atomic E-state index is 13.3. The number of amides is 1. The maximum atomic E-state index is 13.3. The highest BCUT2D eigenvalue weighted by atomic mass is 32.2. The molecule has 2 aromatic carbocycles. The van der Waals surface area contributed by atoms with Gasteiger partial charge in [0.25, 0.3) is 5.69 Å². The Bertz CT molecular complexity index is 1140. The van der Waals surface area contributed by atoms with Gasteiger partial charge in [-0.05, 0) is 29.8 Å². The van der Waals surface area contributed by atoms with E-state index in [9.17, 15) is 27.7 Å². The van der Waals surface area contributed by atoms with Crippen molar-refractivity contribution in [2.24, 2.45) is 5.41 Å². The van der Waals surface area contributed by atoms with Crippen molar-refractivity contribution in [3.8, 4) is 0 Å². The van der Waals surface area contributed by atoms with Crippen molar-refractivity contribution in [1.82, 2.24) is 14.1 Å². The molecule has 1 amide bonds. The first-order valence-electron chi connectivity index (χ1n) is 11.4. The molecule has 2 aromatic rings. The van der Waals surface area contributed by atoms with E-state index in [2.05, 4.69) is 4.90 Å². The van der Waals surface area contributed by atoms with Crippen molar-refractivity contribution in [3.05, 3.63) is 70.0 Å². The second-order valence-corrected chi connectivity index (χ2v) is 11.5. The molecule has 0 saturated carbocycles. The van der Waals surface area contributed by atoms with E-state index in [0.717, 1.165) is 5.56 Å². The highest BCUT2D eigenvalue weighted by Crippen LogP contribution is 2.22. The smallest absolute Gasteiger partial charge is 0.269 e. The number of non-ortho nitro benzene ring substituents is 1. The van der Waals surface area contributed by atoms with Gasteiger partial charge in [0.15, 0.2) is 0 Å². The van der Waals surface area contributed by atoms with Gasteiger partial charge in [-0.1, -0.05) is 32.9 Å². The summed E-state index contributed by atoms with van der Waals surface area (Å²) in [6.07, 6.45) is 0. The van der Waals surface area contributed by atoms with Crippen molar-refractivity contribution >= 4 is 21.6 Å². The highest BCUT2D eigenvalue weighted by Gasteiger charge is 2.31. The molecule has 11 heteroatoms. The number of sulfonamides is 1. The molecule has 1 heterocycles. The molecule has 0 atom stereocenters. The number of carbonyl (C=O) groups excluding carboxylic acids is 1. The summed E-state index contributed by atoms with van der Waals surface area (Å²) < 4.78 is 40.5. The third kappa shape index (κ3) is 6.83. The zero-order valence-electron chi connectivity index (χ0n) is 20.2. The topological polar surface area (TPSA) is 104 Å². The molecular weight excluding hydrogens is 475 g/mol. The summed E-state index contributed by atoms with van der Waals surface area (Å²) in [5.41, 5.74) is 0.101. The SMILES string of the molecule is CC(C)(C)C(=O)N(CCN1CCN(S(=O)(=O)c2ccc([N+](=O)[O-])cc2)CC1)Cc1ccc(F)cc1. The number of benzene rings is 2. The second-order valence-electron chi connectivity index (χ2n) is 9.60. The molecule has 190 valence electrons. The van der Waals surface area contributed by atoms with Crippen molar-refractivity contribution in [3.63, 3.8) is 0 Å². The van der Waals surface area contributed by atoms with Crippen LogP contribution in [0.3, 0.4) is 0 Å². The molecule has 9 nitrogen and oxygen atoms in total. The number of carbonyl (C=O) groups is 1. The Labute approximate surface area is 205 Å². The van der Waals surface area contributed by atoms with Crippen LogP contribution in [0.1, 0.15) is 26.3 Å². The lowest BCUT2D eigenvalue weighted by molar-refractivity contribution is -0.384. The van der Waals surface area contributed by atoms with Crippen molar-refractivity contribution in [2.75, 3.05) is 39.3 Å². The average molecular weight is 507 g/mol. The van der Waals surface area contributed by atoms with Crippen molar-refractivity contribution in [1.29, 1.82) is 0 Å². The molecule has 35 heavy (non-hydrogen) atoms. The Hall–Kier alpha value is -2.89. The lowest BCUT2D eigenvalue weighted by Crippen LogP contribution is -2.51. The van der Waals surface area contributed by atoms with E-state index < -0.39 is 20.4 Å². The van der Waals surface area contributed by atoms with Crippen LogP contribution in [0.15, 0.2) is 53.4 Å². The van der Waals surface area contributed by atoms with Crippen molar-refractivity contribution < 1.29 is 22.5 Å². The van der Waals surface area contributed by atoms with E-state index in [4.69, 9.17) is 0 Å². The molecule has 3 rings (SSSR count). The van der Waals surface area contributed by atoms with Gasteiger partial charge < -0.3 is 4.90 Å². The molecule has 1 fully saturated rings. The predicted molar refractivity (Wildman–Crippen MR) is 130 cm³/mol. The van der Waals surface area contributed by atoms with Gasteiger partial charge in [0.2, 0.25) is 15.9 Å². The van der Waals surface area contributed by atoms with E-state index in [0.29, 0.717) is 32.7 Å². The lowest BCUT2D eigenvalue weighted by Gasteiger charge is -2.36. The standard InChI is InChI=1S/C24H31FN4O5S/c1-24(2,3)23(30)27(18-19-4-6-20(25)7-5-19)15-12-26-13-16-28(17-14-26)35(33,34)22-10-8-21(9-11-22)29(31)32/h4-11H,12-18H2,1-3H3. The van der Waals surface area contributed by atoms with Crippen LogP contribution in [-0.2, 0) is 21.4 Å². The zero-order chi connectivity index (χ0) is 25.8. The molecule has 0 unspecified atom stereocenters. The molecule has 1 aliphatic heterocycles. The van der Waals surface area contributed by atoms with E-state index in [1.807, 2.05) is 20.8 Å². The summed E-state index contributed by atoms with van der Waals surface area (Å²) in [4.78, 5) is 27.2. The molecular formula is C24H31FN4O5S. The van der Waals surface area contributed by atoms with Gasteiger partial charge in [-0.3, -0.25) is 19.8 Å². The summed E-state index contributed by atoms with van der Waals surface area (Å²) >= 11 is 0. The number of nitro groups is 1. The van der Waals surface area contributed by atoms with Gasteiger partial charge >= 0.3 is 0 Å². The average Bonchev–Trinajstić information content (AvgIpc) is 2.82. The Morgan fingerprint density at radius 2 is 1.60 bits per heavy atom. The van der Waals surface area contributed by atoms with Crippen LogP contribution in [-0.4, -0.2) is 72.6 Å². The Morgan fingerprint density at radius 1 is 1.03 bits per heavy atom. The minimum absolute atomic E-state index is 0.0128. The summed E-state index contributed by atoms with van der Waals surface area (Å²) in [6.45, 7) is 8.54. The van der Waals surface area contributed by atoms with E-state index in [1.165, 1.54) is 40.7 Å². The van der Waals surface area contributed by atoms with E-state index in [-0.39, 0.29) is 35.4 Å². The Balaban J connectivity index is 1.60. The minimum atomic E-state index is -3.75. The molecule has 0 spiro atoms. The molecule has 1 saturated heterocycles. The molecule has 0 aliphatic carbocycles. The molecule has 0 aromatic heterocycles. The molecule has 0 radical (unpaired) electrons. The molecule has 0 bridgehead atoms. The van der Waals surface area contributed by atoms with Crippen LogP contribution in [0.5, 0.6) is 0 Å². The van der Waals surface area contributed by atoms with Gasteiger partial charge in [0, 0.05) is 63.4 Å². The Kier molecular flexibility index (Phi) is 8.24. The third-order valence-corrected chi connectivity index (χ3v) is 7.83. The van der Waals surface area contributed by atoms with Gasteiger partial charge in [0.1, 0.15) is 5.82 Å². The van der Waals surface area contributed by atoms with Crippen LogP contribution in [0, 0.1) is 21.3 Å². The van der Waals surface area contributed by atoms with Gasteiger partial charge in [-0.15, -0.1) is 0 Å². The number of rotatable bonds is 8. The molecule has 1 aliphatic rings. The summed E-state index contributed by atoms with van der Waals surface area (Å²) in [5.74, 6) is -0.342. The number of nitrogens with zero attached hydrogens (tertiary/aromatic N) is 4. The van der Waals surface area contributed by atoms with E-state index >= 15 is 0 Å². The lowest BCUT2D eigenvalue weighted by atomic mass is 9.94. The normalized spacial score (nSPS) is 15.7. The fourth-order valence-corrected chi connectivity index (χ4v) is 5.30. The van der Waals surface area contributed by atoms with Crippen LogP contribution >= 0.6 is 0 Å². The van der Waals surface area contributed by atoms with Crippen LogP contribution in [0.2, 0.25) is 0 Å². The predicted octanol–water partition coefficient (Wildman–Crippen LogP) is 3.12. The fourth-order valence-electron chi connectivity index (χ4n) is 3.88. The van der Waals surface area contributed by atoms with Gasteiger partial charge in [-0.25, -0.2) is 12.8 Å².